The number of benzene rings is 1. The van der Waals surface area contributed by atoms with Crippen molar-refractivity contribution < 1.29 is 9.53 Å². The summed E-state index contributed by atoms with van der Waals surface area (Å²) < 4.78 is 5.11. The highest BCUT2D eigenvalue weighted by Gasteiger charge is 2.18. The highest BCUT2D eigenvalue weighted by atomic mass is 16.5. The molecule has 1 aromatic carbocycles. The summed E-state index contributed by atoms with van der Waals surface area (Å²) in [5.74, 6) is 0.239. The van der Waals surface area contributed by atoms with Gasteiger partial charge in [-0.05, 0) is 31.2 Å². The van der Waals surface area contributed by atoms with Crippen molar-refractivity contribution in [2.45, 2.75) is 13.5 Å². The maximum absolute atomic E-state index is 12.8. The standard InChI is InChI=1S/C19H20N4O3/c1-13-7-8-14(11-20-13)19(25)23(9-10-26-2)12-17-21-16-6-4-3-5-15(16)18(24)22-17/h3-8,11H,9-10,12H2,1-2H3,(H,21,22,24). The van der Waals surface area contributed by atoms with Crippen LogP contribution in [0.15, 0.2) is 47.4 Å². The third kappa shape index (κ3) is 3.94. The number of pyridine rings is 1. The summed E-state index contributed by atoms with van der Waals surface area (Å²) in [6.45, 7) is 2.79. The summed E-state index contributed by atoms with van der Waals surface area (Å²) >= 11 is 0. The van der Waals surface area contributed by atoms with Crippen LogP contribution in [0.5, 0.6) is 0 Å². The van der Waals surface area contributed by atoms with E-state index in [0.717, 1.165) is 5.69 Å². The summed E-state index contributed by atoms with van der Waals surface area (Å²) in [5, 5.41) is 0.522. The van der Waals surface area contributed by atoms with Crippen LogP contribution < -0.4 is 5.56 Å². The van der Waals surface area contributed by atoms with Crippen LogP contribution in [-0.4, -0.2) is 46.0 Å². The summed E-state index contributed by atoms with van der Waals surface area (Å²) in [7, 11) is 1.58. The molecule has 0 fully saturated rings. The lowest BCUT2D eigenvalue weighted by Gasteiger charge is -2.22. The van der Waals surface area contributed by atoms with Crippen molar-refractivity contribution >= 4 is 16.8 Å². The largest absolute Gasteiger partial charge is 0.383 e. The maximum Gasteiger partial charge on any atom is 0.258 e. The van der Waals surface area contributed by atoms with Crippen LogP contribution >= 0.6 is 0 Å². The molecular formula is C19H20N4O3. The monoisotopic (exact) mass is 352 g/mol. The van der Waals surface area contributed by atoms with Crippen molar-refractivity contribution in [2.75, 3.05) is 20.3 Å². The minimum atomic E-state index is -0.221. The van der Waals surface area contributed by atoms with Gasteiger partial charge in [0.1, 0.15) is 5.82 Å². The van der Waals surface area contributed by atoms with Crippen molar-refractivity contribution in [3.63, 3.8) is 0 Å². The third-order valence-electron chi connectivity index (χ3n) is 4.01. The minimum Gasteiger partial charge on any atom is -0.383 e. The lowest BCUT2D eigenvalue weighted by Crippen LogP contribution is -2.34. The molecule has 2 aromatic heterocycles. The Hall–Kier alpha value is -3.06. The minimum absolute atomic E-state index is 0.177. The Kier molecular flexibility index (Phi) is 5.38. The molecule has 0 unspecified atom stereocenters. The van der Waals surface area contributed by atoms with E-state index in [4.69, 9.17) is 4.74 Å². The van der Waals surface area contributed by atoms with Gasteiger partial charge in [-0.25, -0.2) is 4.98 Å². The SMILES string of the molecule is COCCN(Cc1nc2ccccc2c(=O)[nH]1)C(=O)c1ccc(C)nc1. The number of aromatic nitrogens is 3. The number of aryl methyl sites for hydroxylation is 1. The molecule has 0 aliphatic rings. The third-order valence-corrected chi connectivity index (χ3v) is 4.01. The van der Waals surface area contributed by atoms with E-state index in [1.165, 1.54) is 0 Å². The van der Waals surface area contributed by atoms with Crippen LogP contribution in [0.4, 0.5) is 0 Å². The fourth-order valence-electron chi connectivity index (χ4n) is 2.62. The average Bonchev–Trinajstić information content (AvgIpc) is 2.65. The van der Waals surface area contributed by atoms with Gasteiger partial charge in [-0.2, -0.15) is 0 Å². The Morgan fingerprint density at radius 1 is 1.23 bits per heavy atom. The first-order valence-electron chi connectivity index (χ1n) is 8.27. The van der Waals surface area contributed by atoms with Crippen LogP contribution in [0.25, 0.3) is 10.9 Å². The fourth-order valence-corrected chi connectivity index (χ4v) is 2.62. The summed E-state index contributed by atoms with van der Waals surface area (Å²) in [6, 6.07) is 10.6. The van der Waals surface area contributed by atoms with E-state index in [-0.39, 0.29) is 18.0 Å². The second kappa shape index (κ2) is 7.88. The van der Waals surface area contributed by atoms with Crippen molar-refractivity contribution in [2.24, 2.45) is 0 Å². The van der Waals surface area contributed by atoms with Crippen molar-refractivity contribution in [1.29, 1.82) is 0 Å². The molecule has 0 bridgehead atoms. The first-order valence-corrected chi connectivity index (χ1v) is 8.27. The van der Waals surface area contributed by atoms with Crippen LogP contribution in [0.1, 0.15) is 21.9 Å². The zero-order valence-corrected chi connectivity index (χ0v) is 14.7. The Bertz CT molecular complexity index is 966. The normalized spacial score (nSPS) is 10.8. The highest BCUT2D eigenvalue weighted by molar-refractivity contribution is 5.93. The maximum atomic E-state index is 12.8. The van der Waals surface area contributed by atoms with Crippen LogP contribution in [0, 0.1) is 6.92 Å². The molecule has 0 aliphatic carbocycles. The van der Waals surface area contributed by atoms with Gasteiger partial charge in [0.2, 0.25) is 0 Å². The van der Waals surface area contributed by atoms with E-state index in [9.17, 15) is 9.59 Å². The van der Waals surface area contributed by atoms with Gasteiger partial charge in [0.15, 0.2) is 0 Å². The molecule has 1 N–H and O–H groups in total. The Balaban J connectivity index is 1.89. The summed E-state index contributed by atoms with van der Waals surface area (Å²) in [5.41, 5.74) is 1.70. The van der Waals surface area contributed by atoms with E-state index in [1.54, 1.807) is 48.5 Å². The number of carbonyl (C=O) groups excluding carboxylic acids is 1. The van der Waals surface area contributed by atoms with Gasteiger partial charge in [-0.1, -0.05) is 12.1 Å². The summed E-state index contributed by atoms with van der Waals surface area (Å²) in [6.07, 6.45) is 1.55. The van der Waals surface area contributed by atoms with Gasteiger partial charge < -0.3 is 14.6 Å². The number of nitrogens with zero attached hydrogens (tertiary/aromatic N) is 3. The zero-order chi connectivity index (χ0) is 18.5. The number of methoxy groups -OCH3 is 1. The number of hydrogen-bond acceptors (Lipinski definition) is 5. The molecule has 7 nitrogen and oxygen atoms in total. The molecule has 134 valence electrons. The van der Waals surface area contributed by atoms with E-state index in [1.807, 2.05) is 13.0 Å². The molecule has 0 atom stereocenters. The molecule has 1 amide bonds. The highest BCUT2D eigenvalue weighted by Crippen LogP contribution is 2.10. The second-order valence-electron chi connectivity index (χ2n) is 5.94. The van der Waals surface area contributed by atoms with Crippen molar-refractivity contribution in [3.8, 4) is 0 Å². The number of amides is 1. The number of aromatic amines is 1. The predicted molar refractivity (Wildman–Crippen MR) is 98.0 cm³/mol. The predicted octanol–water partition coefficient (Wildman–Crippen LogP) is 1.92. The molecule has 26 heavy (non-hydrogen) atoms. The quantitative estimate of drug-likeness (QED) is 0.732. The van der Waals surface area contributed by atoms with Crippen molar-refractivity contribution in [3.05, 3.63) is 70.0 Å². The van der Waals surface area contributed by atoms with E-state index in [2.05, 4.69) is 15.0 Å². The summed E-state index contributed by atoms with van der Waals surface area (Å²) in [4.78, 5) is 38.0. The van der Waals surface area contributed by atoms with Crippen LogP contribution in [0.2, 0.25) is 0 Å². The molecule has 7 heteroatoms. The molecule has 0 saturated carbocycles. The number of hydrogen-bond donors (Lipinski definition) is 1. The van der Waals surface area contributed by atoms with Gasteiger partial charge in [0, 0.05) is 25.5 Å². The average molecular weight is 352 g/mol. The van der Waals surface area contributed by atoms with Crippen LogP contribution in [0.3, 0.4) is 0 Å². The van der Waals surface area contributed by atoms with Gasteiger partial charge in [-0.15, -0.1) is 0 Å². The molecule has 0 radical (unpaired) electrons. The second-order valence-corrected chi connectivity index (χ2v) is 5.94. The number of nitrogens with one attached hydrogen (secondary N) is 1. The number of rotatable bonds is 6. The molecule has 3 rings (SSSR count). The van der Waals surface area contributed by atoms with Gasteiger partial charge in [0.25, 0.3) is 11.5 Å². The molecule has 0 saturated heterocycles. The lowest BCUT2D eigenvalue weighted by atomic mass is 10.2. The van der Waals surface area contributed by atoms with Gasteiger partial charge >= 0.3 is 0 Å². The van der Waals surface area contributed by atoms with E-state index < -0.39 is 0 Å². The van der Waals surface area contributed by atoms with Crippen molar-refractivity contribution in [1.82, 2.24) is 19.9 Å². The molecule has 3 aromatic rings. The van der Waals surface area contributed by atoms with E-state index in [0.29, 0.717) is 35.4 Å². The first-order chi connectivity index (χ1) is 12.6. The van der Waals surface area contributed by atoms with Crippen LogP contribution in [-0.2, 0) is 11.3 Å². The molecular weight excluding hydrogens is 332 g/mol. The lowest BCUT2D eigenvalue weighted by molar-refractivity contribution is 0.0675. The number of H-pyrrole nitrogens is 1. The Morgan fingerprint density at radius 2 is 2.04 bits per heavy atom. The number of fused-ring (bicyclic) bond motifs is 1. The number of carbonyl (C=O) groups is 1. The topological polar surface area (TPSA) is 88.2 Å². The first kappa shape index (κ1) is 17.8. The van der Waals surface area contributed by atoms with Gasteiger partial charge in [-0.3, -0.25) is 14.6 Å². The Labute approximate surface area is 150 Å². The van der Waals surface area contributed by atoms with E-state index >= 15 is 0 Å². The zero-order valence-electron chi connectivity index (χ0n) is 14.7. The molecule has 0 spiro atoms. The number of para-hydroxylation sites is 1. The molecule has 2 heterocycles. The Morgan fingerprint density at radius 3 is 2.77 bits per heavy atom. The smallest absolute Gasteiger partial charge is 0.258 e. The number of ether oxygens (including phenoxy) is 1. The fraction of sp³-hybridized carbons (Fsp3) is 0.263. The molecule has 0 aliphatic heterocycles. The van der Waals surface area contributed by atoms with Gasteiger partial charge in [0.05, 0.1) is 29.6 Å².